The topological polar surface area (TPSA) is 110 Å². The highest BCUT2D eigenvalue weighted by molar-refractivity contribution is 8.18. The van der Waals surface area contributed by atoms with Crippen molar-refractivity contribution in [1.29, 1.82) is 0 Å². The van der Waals surface area contributed by atoms with Gasteiger partial charge in [0.25, 0.3) is 11.1 Å². The lowest BCUT2D eigenvalue weighted by Crippen LogP contribution is -2.42. The molecule has 1 N–H and O–H groups in total. The number of ether oxygens (including phenoxy) is 2. The number of rotatable bonds is 7. The highest BCUT2D eigenvalue weighted by atomic mass is 32.2. The smallest absolute Gasteiger partial charge is 0.341 e. The number of carboxylic acids is 1. The van der Waals surface area contributed by atoms with Crippen LogP contribution in [0.15, 0.2) is 29.2 Å². The van der Waals surface area contributed by atoms with Crippen molar-refractivity contribution in [2.45, 2.75) is 19.9 Å². The van der Waals surface area contributed by atoms with Crippen LogP contribution in [0.25, 0.3) is 6.08 Å². The minimum absolute atomic E-state index is 0.109. The molecular formula is C17H17NO7S. The van der Waals surface area contributed by atoms with Gasteiger partial charge in [0.2, 0.25) is 0 Å². The van der Waals surface area contributed by atoms with Gasteiger partial charge < -0.3 is 14.6 Å². The van der Waals surface area contributed by atoms with Crippen LogP contribution >= 0.6 is 11.8 Å². The van der Waals surface area contributed by atoms with Crippen LogP contribution in [-0.4, -0.2) is 52.3 Å². The Bertz CT molecular complexity index is 774. The van der Waals surface area contributed by atoms with E-state index in [2.05, 4.69) is 0 Å². The molecule has 0 unspecified atom stereocenters. The molecule has 0 spiro atoms. The zero-order valence-corrected chi connectivity index (χ0v) is 14.9. The van der Waals surface area contributed by atoms with Crippen molar-refractivity contribution in [2.75, 3.05) is 13.2 Å². The molecule has 0 radical (unpaired) electrons. The highest BCUT2D eigenvalue weighted by Crippen LogP contribution is 2.35. The zero-order valence-electron chi connectivity index (χ0n) is 14.1. The van der Waals surface area contributed by atoms with Crippen LogP contribution in [0.2, 0.25) is 0 Å². The number of nitrogens with zero attached hydrogens (tertiary/aromatic N) is 1. The quantitative estimate of drug-likeness (QED) is 0.567. The summed E-state index contributed by atoms with van der Waals surface area (Å²) in [6, 6.07) is 5.49. The summed E-state index contributed by atoms with van der Waals surface area (Å²) in [7, 11) is 0. The number of benzene rings is 1. The Morgan fingerprint density at radius 1 is 1.31 bits per heavy atom. The molecule has 1 aliphatic heterocycles. The van der Waals surface area contributed by atoms with Crippen molar-refractivity contribution in [3.63, 3.8) is 0 Å². The summed E-state index contributed by atoms with van der Waals surface area (Å²) in [4.78, 5) is 48.1. The van der Waals surface area contributed by atoms with E-state index in [4.69, 9.17) is 14.6 Å². The maximum absolute atomic E-state index is 12.5. The number of carboxylic acid groups (broad SMARTS) is 1. The number of aliphatic carboxylic acids is 1. The lowest BCUT2D eigenvalue weighted by Gasteiger charge is -2.19. The molecule has 2 amide bonds. The zero-order chi connectivity index (χ0) is 19.3. The van der Waals surface area contributed by atoms with Gasteiger partial charge in [-0.3, -0.25) is 14.5 Å². The Morgan fingerprint density at radius 2 is 2.00 bits per heavy atom. The largest absolute Gasteiger partial charge is 0.481 e. The number of hydrogen-bond donors (Lipinski definition) is 1. The number of amides is 2. The third-order valence-corrected chi connectivity index (χ3v) is 4.28. The highest BCUT2D eigenvalue weighted by Gasteiger charge is 2.41. The van der Waals surface area contributed by atoms with Crippen LogP contribution in [0.3, 0.4) is 0 Å². The maximum Gasteiger partial charge on any atom is 0.341 e. The van der Waals surface area contributed by atoms with Gasteiger partial charge in [0.05, 0.1) is 11.5 Å². The van der Waals surface area contributed by atoms with Gasteiger partial charge in [0.15, 0.2) is 6.61 Å². The predicted octanol–water partition coefficient (Wildman–Crippen LogP) is 2.14. The molecule has 9 heteroatoms. The first-order valence-corrected chi connectivity index (χ1v) is 8.54. The fraction of sp³-hybridized carbons (Fsp3) is 0.294. The summed E-state index contributed by atoms with van der Waals surface area (Å²) in [5.41, 5.74) is 0.447. The Balaban J connectivity index is 2.25. The molecule has 26 heavy (non-hydrogen) atoms. The van der Waals surface area contributed by atoms with Gasteiger partial charge in [-0.1, -0.05) is 18.2 Å². The Hall–Kier alpha value is -2.81. The van der Waals surface area contributed by atoms with Gasteiger partial charge in [-0.05, 0) is 37.8 Å². The maximum atomic E-state index is 12.5. The second-order valence-electron chi connectivity index (χ2n) is 5.20. The van der Waals surface area contributed by atoms with E-state index in [0.29, 0.717) is 17.3 Å². The first-order chi connectivity index (χ1) is 12.3. The molecule has 1 saturated heterocycles. The van der Waals surface area contributed by atoms with Crippen LogP contribution in [0, 0.1) is 0 Å². The third-order valence-electron chi connectivity index (χ3n) is 3.40. The normalized spacial score (nSPS) is 16.7. The van der Waals surface area contributed by atoms with Crippen LogP contribution in [0.4, 0.5) is 4.79 Å². The minimum Gasteiger partial charge on any atom is -0.481 e. The average Bonchev–Trinajstić information content (AvgIpc) is 2.87. The number of para-hydroxylation sites is 1. The summed E-state index contributed by atoms with van der Waals surface area (Å²) in [6.07, 6.45) is 1.43. The SMILES string of the molecule is CCOC(=O)[C@H](C)N1C(=O)S/C(=C/c2ccccc2OCC(=O)O)C1=O. The fourth-order valence-corrected chi connectivity index (χ4v) is 3.09. The van der Waals surface area contributed by atoms with Crippen molar-refractivity contribution in [2.24, 2.45) is 0 Å². The van der Waals surface area contributed by atoms with Crippen molar-refractivity contribution < 1.29 is 33.8 Å². The summed E-state index contributed by atoms with van der Waals surface area (Å²) in [5.74, 6) is -2.15. The molecule has 0 saturated carbocycles. The fourth-order valence-electron chi connectivity index (χ4n) is 2.19. The van der Waals surface area contributed by atoms with E-state index in [1.54, 1.807) is 31.2 Å². The van der Waals surface area contributed by atoms with Crippen molar-refractivity contribution in [3.8, 4) is 5.75 Å². The number of imide groups is 1. The van der Waals surface area contributed by atoms with Crippen LogP contribution in [0.5, 0.6) is 5.75 Å². The number of carbonyl (C=O) groups excluding carboxylic acids is 3. The Kier molecular flexibility index (Phi) is 6.40. The third kappa shape index (κ3) is 4.42. The Morgan fingerprint density at radius 3 is 2.65 bits per heavy atom. The molecule has 0 aromatic heterocycles. The van der Waals surface area contributed by atoms with Crippen molar-refractivity contribution in [1.82, 2.24) is 4.90 Å². The summed E-state index contributed by atoms with van der Waals surface area (Å²) in [5, 5.41) is 8.15. The molecule has 1 fully saturated rings. The van der Waals surface area contributed by atoms with Gasteiger partial charge in [-0.15, -0.1) is 0 Å². The van der Waals surface area contributed by atoms with Crippen LogP contribution in [0.1, 0.15) is 19.4 Å². The molecule has 8 nitrogen and oxygen atoms in total. The van der Waals surface area contributed by atoms with Crippen molar-refractivity contribution in [3.05, 3.63) is 34.7 Å². The molecule has 1 aromatic rings. The van der Waals surface area contributed by atoms with Crippen LogP contribution < -0.4 is 4.74 Å². The van der Waals surface area contributed by atoms with E-state index in [-0.39, 0.29) is 17.3 Å². The summed E-state index contributed by atoms with van der Waals surface area (Å²) in [6.45, 7) is 2.66. The van der Waals surface area contributed by atoms with Gasteiger partial charge in [0, 0.05) is 5.56 Å². The average molecular weight is 379 g/mol. The van der Waals surface area contributed by atoms with E-state index in [9.17, 15) is 19.2 Å². The molecular weight excluding hydrogens is 362 g/mol. The van der Waals surface area contributed by atoms with E-state index >= 15 is 0 Å². The minimum atomic E-state index is -1.14. The lowest BCUT2D eigenvalue weighted by molar-refractivity contribution is -0.150. The molecule has 1 aliphatic rings. The van der Waals surface area contributed by atoms with E-state index < -0.39 is 35.7 Å². The molecule has 1 atom stereocenters. The van der Waals surface area contributed by atoms with Gasteiger partial charge in [-0.2, -0.15) is 0 Å². The summed E-state index contributed by atoms with van der Waals surface area (Å²) < 4.78 is 10.0. The Labute approximate surface area is 153 Å². The predicted molar refractivity (Wildman–Crippen MR) is 93.5 cm³/mol. The number of hydrogen-bond acceptors (Lipinski definition) is 7. The molecule has 1 heterocycles. The number of esters is 1. The van der Waals surface area contributed by atoms with Crippen LogP contribution in [-0.2, 0) is 19.1 Å². The lowest BCUT2D eigenvalue weighted by atomic mass is 10.1. The van der Waals surface area contributed by atoms with E-state index in [0.717, 1.165) is 4.90 Å². The van der Waals surface area contributed by atoms with Gasteiger partial charge >= 0.3 is 11.9 Å². The monoisotopic (exact) mass is 379 g/mol. The van der Waals surface area contributed by atoms with E-state index in [1.165, 1.54) is 13.0 Å². The molecule has 1 aromatic carbocycles. The number of carbonyl (C=O) groups is 4. The molecule has 0 bridgehead atoms. The first kappa shape index (κ1) is 19.5. The van der Waals surface area contributed by atoms with Crippen molar-refractivity contribution >= 4 is 40.9 Å². The number of thioether (sulfide) groups is 1. The van der Waals surface area contributed by atoms with Gasteiger partial charge in [-0.25, -0.2) is 9.59 Å². The first-order valence-electron chi connectivity index (χ1n) is 7.72. The van der Waals surface area contributed by atoms with E-state index in [1.807, 2.05) is 0 Å². The standard InChI is InChI=1S/C17H17NO7S/c1-3-24-16(22)10(2)18-15(21)13(26-17(18)23)8-11-6-4-5-7-12(11)25-9-14(19)20/h4-8,10H,3,9H2,1-2H3,(H,19,20)/b13-8+/t10-/m0/s1. The molecule has 138 valence electrons. The second kappa shape index (κ2) is 8.52. The second-order valence-corrected chi connectivity index (χ2v) is 6.19. The van der Waals surface area contributed by atoms with Gasteiger partial charge in [0.1, 0.15) is 11.8 Å². The molecule has 0 aliphatic carbocycles. The summed E-state index contributed by atoms with van der Waals surface area (Å²) >= 11 is 0.692. The molecule has 2 rings (SSSR count).